The summed E-state index contributed by atoms with van der Waals surface area (Å²) in [6.45, 7) is 3.52. The number of carbonyl (C=O) groups is 2. The van der Waals surface area contributed by atoms with E-state index in [1.54, 1.807) is 0 Å². The van der Waals surface area contributed by atoms with Crippen LogP contribution in [-0.2, 0) is 22.4 Å². The van der Waals surface area contributed by atoms with E-state index in [1.807, 2.05) is 30.5 Å². The maximum absolute atomic E-state index is 12.7. The number of aromatic amines is 1. The van der Waals surface area contributed by atoms with Gasteiger partial charge in [0.2, 0.25) is 16.9 Å². The highest BCUT2D eigenvalue weighted by atomic mass is 32.1. The molecule has 0 aliphatic carbocycles. The van der Waals surface area contributed by atoms with Crippen LogP contribution >= 0.6 is 11.3 Å². The molecule has 3 rings (SSSR count). The molecule has 0 aliphatic rings. The van der Waals surface area contributed by atoms with Crippen molar-refractivity contribution in [2.45, 2.75) is 45.6 Å². The molecule has 0 fully saturated rings. The number of hydrogen-bond acceptors (Lipinski definition) is 5. The van der Waals surface area contributed by atoms with Gasteiger partial charge in [-0.15, -0.1) is 10.2 Å². The molecule has 0 spiro atoms. The lowest BCUT2D eigenvalue weighted by Gasteiger charge is -2.16. The first-order valence-electron chi connectivity index (χ1n) is 9.02. The van der Waals surface area contributed by atoms with Crippen molar-refractivity contribution in [1.82, 2.24) is 20.5 Å². The maximum atomic E-state index is 12.7. The Balaban J connectivity index is 1.72. The number of anilines is 1. The molecule has 1 aromatic carbocycles. The monoisotopic (exact) mass is 385 g/mol. The zero-order chi connectivity index (χ0) is 19.2. The van der Waals surface area contributed by atoms with Gasteiger partial charge >= 0.3 is 0 Å². The molecule has 7 nitrogen and oxygen atoms in total. The molecule has 2 aromatic heterocycles. The summed E-state index contributed by atoms with van der Waals surface area (Å²) >= 11 is 1.37. The van der Waals surface area contributed by atoms with Gasteiger partial charge < -0.3 is 10.3 Å². The van der Waals surface area contributed by atoms with Crippen LogP contribution in [0.15, 0.2) is 30.5 Å². The van der Waals surface area contributed by atoms with Crippen molar-refractivity contribution in [3.63, 3.8) is 0 Å². The number of unbranched alkanes of at least 4 members (excludes halogenated alkanes) is 1. The lowest BCUT2D eigenvalue weighted by atomic mass is 10.0. The van der Waals surface area contributed by atoms with Gasteiger partial charge in [0.15, 0.2) is 0 Å². The maximum Gasteiger partial charge on any atom is 0.249 e. The Hall–Kier alpha value is -2.74. The van der Waals surface area contributed by atoms with Crippen molar-refractivity contribution in [2.24, 2.45) is 0 Å². The van der Waals surface area contributed by atoms with Gasteiger partial charge in [0.05, 0.1) is 0 Å². The number of hydrogen-bond donors (Lipinski definition) is 3. The van der Waals surface area contributed by atoms with E-state index in [2.05, 4.69) is 32.7 Å². The summed E-state index contributed by atoms with van der Waals surface area (Å²) in [6.07, 6.45) is 5.24. The van der Waals surface area contributed by atoms with Gasteiger partial charge in [-0.25, -0.2) is 0 Å². The summed E-state index contributed by atoms with van der Waals surface area (Å²) in [7, 11) is 0. The van der Waals surface area contributed by atoms with Gasteiger partial charge in [0.1, 0.15) is 11.0 Å². The Morgan fingerprint density at radius 3 is 2.85 bits per heavy atom. The molecule has 2 amide bonds. The summed E-state index contributed by atoms with van der Waals surface area (Å²) in [5.74, 6) is -0.551. The molecule has 8 heteroatoms. The molecular weight excluding hydrogens is 362 g/mol. The Morgan fingerprint density at radius 2 is 2.07 bits per heavy atom. The Labute approximate surface area is 161 Å². The van der Waals surface area contributed by atoms with E-state index < -0.39 is 6.04 Å². The highest BCUT2D eigenvalue weighted by Gasteiger charge is 2.22. The summed E-state index contributed by atoms with van der Waals surface area (Å²) in [4.78, 5) is 27.5. The van der Waals surface area contributed by atoms with Crippen molar-refractivity contribution < 1.29 is 9.59 Å². The van der Waals surface area contributed by atoms with Gasteiger partial charge in [-0.3, -0.25) is 14.9 Å². The van der Waals surface area contributed by atoms with Crippen molar-refractivity contribution in [2.75, 3.05) is 5.32 Å². The van der Waals surface area contributed by atoms with Crippen LogP contribution in [0.4, 0.5) is 5.13 Å². The van der Waals surface area contributed by atoms with E-state index in [4.69, 9.17) is 0 Å². The second-order valence-corrected chi connectivity index (χ2v) is 7.47. The van der Waals surface area contributed by atoms with Crippen LogP contribution in [0.2, 0.25) is 0 Å². The SMILES string of the molecule is CCCCc1nnc(NC(=O)C(Cc2c[nH]c3ccccc23)NC(C)=O)s1. The molecule has 3 aromatic rings. The van der Waals surface area contributed by atoms with Crippen LogP contribution in [-0.4, -0.2) is 33.0 Å². The smallest absolute Gasteiger partial charge is 0.249 e. The molecule has 0 saturated heterocycles. The van der Waals surface area contributed by atoms with Crippen LogP contribution in [0.25, 0.3) is 10.9 Å². The molecule has 0 saturated carbocycles. The lowest BCUT2D eigenvalue weighted by Crippen LogP contribution is -2.44. The van der Waals surface area contributed by atoms with Crippen LogP contribution < -0.4 is 10.6 Å². The van der Waals surface area contributed by atoms with Crippen molar-refractivity contribution in [1.29, 1.82) is 0 Å². The predicted molar refractivity (Wildman–Crippen MR) is 107 cm³/mol. The summed E-state index contributed by atoms with van der Waals surface area (Å²) < 4.78 is 0. The second kappa shape index (κ2) is 8.77. The lowest BCUT2D eigenvalue weighted by molar-refractivity contribution is -0.125. The van der Waals surface area contributed by atoms with Gasteiger partial charge in [0.25, 0.3) is 0 Å². The number of H-pyrrole nitrogens is 1. The molecule has 1 unspecified atom stereocenters. The number of benzene rings is 1. The summed E-state index contributed by atoms with van der Waals surface area (Å²) in [5.41, 5.74) is 1.97. The number of fused-ring (bicyclic) bond motifs is 1. The summed E-state index contributed by atoms with van der Waals surface area (Å²) in [5, 5.41) is 16.1. The minimum absolute atomic E-state index is 0.254. The number of aromatic nitrogens is 3. The molecule has 1 atom stereocenters. The minimum Gasteiger partial charge on any atom is -0.361 e. The quantitative estimate of drug-likeness (QED) is 0.555. The second-order valence-electron chi connectivity index (χ2n) is 6.41. The fourth-order valence-electron chi connectivity index (χ4n) is 2.90. The Morgan fingerprint density at radius 1 is 1.26 bits per heavy atom. The first-order chi connectivity index (χ1) is 13.1. The fraction of sp³-hybridized carbons (Fsp3) is 0.368. The molecule has 142 valence electrons. The van der Waals surface area contributed by atoms with E-state index in [0.29, 0.717) is 11.6 Å². The average molecular weight is 385 g/mol. The topological polar surface area (TPSA) is 99.8 Å². The average Bonchev–Trinajstić information content (AvgIpc) is 3.26. The number of para-hydroxylation sites is 1. The first kappa shape index (κ1) is 19.0. The predicted octanol–water partition coefficient (Wildman–Crippen LogP) is 3.05. The molecule has 2 heterocycles. The molecule has 0 radical (unpaired) electrons. The third-order valence-corrected chi connectivity index (χ3v) is 5.13. The number of nitrogens with one attached hydrogen (secondary N) is 3. The van der Waals surface area contributed by atoms with Gasteiger partial charge in [-0.05, 0) is 18.1 Å². The van der Waals surface area contributed by atoms with E-state index in [-0.39, 0.29) is 11.8 Å². The number of carbonyl (C=O) groups excluding carboxylic acids is 2. The molecule has 0 bridgehead atoms. The standard InChI is InChI=1S/C19H23N5O2S/c1-3-4-9-17-23-24-19(27-17)22-18(26)16(21-12(2)25)10-13-11-20-15-8-6-5-7-14(13)15/h5-8,11,16,20H,3-4,9-10H2,1-2H3,(H,21,25)(H,22,24,26). The van der Waals surface area contributed by atoms with Gasteiger partial charge in [-0.2, -0.15) is 0 Å². The third-order valence-electron chi connectivity index (χ3n) is 4.23. The van der Waals surface area contributed by atoms with E-state index in [9.17, 15) is 9.59 Å². The van der Waals surface area contributed by atoms with Gasteiger partial charge in [-0.1, -0.05) is 42.9 Å². The van der Waals surface area contributed by atoms with Crippen LogP contribution in [0, 0.1) is 0 Å². The fourth-order valence-corrected chi connectivity index (χ4v) is 3.69. The highest BCUT2D eigenvalue weighted by molar-refractivity contribution is 7.15. The molecule has 0 aliphatic heterocycles. The number of nitrogens with zero attached hydrogens (tertiary/aromatic N) is 2. The molecular formula is C19H23N5O2S. The summed E-state index contributed by atoms with van der Waals surface area (Å²) in [6, 6.07) is 7.18. The van der Waals surface area contributed by atoms with Crippen LogP contribution in [0.5, 0.6) is 0 Å². The van der Waals surface area contributed by atoms with Crippen molar-refractivity contribution in [3.05, 3.63) is 41.0 Å². The van der Waals surface area contributed by atoms with Crippen LogP contribution in [0.1, 0.15) is 37.3 Å². The Bertz CT molecular complexity index is 933. The van der Waals surface area contributed by atoms with Crippen molar-refractivity contribution >= 4 is 39.2 Å². The number of aryl methyl sites for hydroxylation is 1. The molecule has 3 N–H and O–H groups in total. The zero-order valence-corrected chi connectivity index (χ0v) is 16.2. The Kier molecular flexibility index (Phi) is 6.18. The van der Waals surface area contributed by atoms with Gasteiger partial charge in [0, 0.05) is 36.9 Å². The van der Waals surface area contributed by atoms with E-state index >= 15 is 0 Å². The third kappa shape index (κ3) is 4.91. The molecule has 27 heavy (non-hydrogen) atoms. The van der Waals surface area contributed by atoms with E-state index in [0.717, 1.165) is 40.7 Å². The highest BCUT2D eigenvalue weighted by Crippen LogP contribution is 2.21. The zero-order valence-electron chi connectivity index (χ0n) is 15.4. The largest absolute Gasteiger partial charge is 0.361 e. The number of amides is 2. The van der Waals surface area contributed by atoms with E-state index in [1.165, 1.54) is 18.3 Å². The first-order valence-corrected chi connectivity index (χ1v) is 9.83. The van der Waals surface area contributed by atoms with Crippen LogP contribution in [0.3, 0.4) is 0 Å². The van der Waals surface area contributed by atoms with Crippen molar-refractivity contribution in [3.8, 4) is 0 Å². The minimum atomic E-state index is -0.690. The number of rotatable bonds is 8. The normalized spacial score (nSPS) is 12.1.